The molecule has 1 rings (SSSR count). The first-order valence-corrected chi connectivity index (χ1v) is 4.56. The van der Waals surface area contributed by atoms with E-state index in [1.54, 1.807) is 4.90 Å². The van der Waals surface area contributed by atoms with Crippen molar-refractivity contribution in [3.8, 4) is 0 Å². The summed E-state index contributed by atoms with van der Waals surface area (Å²) in [6.45, 7) is 4.22. The van der Waals surface area contributed by atoms with Crippen LogP contribution >= 0.6 is 0 Å². The zero-order valence-electron chi connectivity index (χ0n) is 7.95. The topological polar surface area (TPSA) is 60.4 Å². The molecule has 0 radical (unpaired) electrons. The highest BCUT2D eigenvalue weighted by molar-refractivity contribution is 5.85. The lowest BCUT2D eigenvalue weighted by atomic mass is 10.1. The number of carboxylic acid groups (broad SMARTS) is 1. The van der Waals surface area contributed by atoms with E-state index in [1.807, 2.05) is 13.8 Å². The number of amides is 1. The molecule has 0 unspecified atom stereocenters. The fourth-order valence-electron chi connectivity index (χ4n) is 1.54. The van der Waals surface area contributed by atoms with E-state index >= 15 is 0 Å². The largest absolute Gasteiger partial charge is 0.550 e. The van der Waals surface area contributed by atoms with Gasteiger partial charge in [0.1, 0.15) is 0 Å². The minimum absolute atomic E-state index is 0.0662. The maximum absolute atomic E-state index is 11.3. The molecule has 0 aromatic heterocycles. The van der Waals surface area contributed by atoms with Crippen molar-refractivity contribution >= 4 is 11.9 Å². The Labute approximate surface area is 77.5 Å². The first kappa shape index (κ1) is 10.0. The zero-order chi connectivity index (χ0) is 10.0. The molecule has 74 valence electrons. The van der Waals surface area contributed by atoms with Crippen LogP contribution in [0, 0.1) is 5.92 Å². The molecule has 0 aliphatic carbocycles. The van der Waals surface area contributed by atoms with Gasteiger partial charge in [-0.05, 0) is 13.3 Å². The van der Waals surface area contributed by atoms with Crippen LogP contribution < -0.4 is 5.11 Å². The van der Waals surface area contributed by atoms with Crippen LogP contribution in [0.3, 0.4) is 0 Å². The molecule has 1 saturated heterocycles. The van der Waals surface area contributed by atoms with Crippen LogP contribution in [0.15, 0.2) is 0 Å². The molecule has 1 aliphatic rings. The first-order chi connectivity index (χ1) is 6.06. The molecule has 1 aliphatic heterocycles. The Morgan fingerprint density at radius 2 is 2.38 bits per heavy atom. The molecule has 0 spiro atoms. The van der Waals surface area contributed by atoms with Crippen LogP contribution in [0.1, 0.15) is 26.7 Å². The maximum atomic E-state index is 11.3. The van der Waals surface area contributed by atoms with Crippen molar-refractivity contribution in [2.75, 3.05) is 6.54 Å². The fourth-order valence-corrected chi connectivity index (χ4v) is 1.54. The van der Waals surface area contributed by atoms with E-state index in [1.165, 1.54) is 0 Å². The van der Waals surface area contributed by atoms with E-state index in [4.69, 9.17) is 0 Å². The van der Waals surface area contributed by atoms with Gasteiger partial charge in [0.2, 0.25) is 5.91 Å². The van der Waals surface area contributed by atoms with Gasteiger partial charge < -0.3 is 14.8 Å². The zero-order valence-corrected chi connectivity index (χ0v) is 7.95. The molecule has 0 N–H and O–H groups in total. The Bertz CT molecular complexity index is 227. The SMILES string of the molecule is CC[C@@H](C)N1C[C@@H](C(=O)[O-])CC1=O. The van der Waals surface area contributed by atoms with Gasteiger partial charge in [0.05, 0.1) is 0 Å². The van der Waals surface area contributed by atoms with Crippen LogP contribution in [0.2, 0.25) is 0 Å². The quantitative estimate of drug-likeness (QED) is 0.587. The summed E-state index contributed by atoms with van der Waals surface area (Å²) in [4.78, 5) is 23.5. The lowest BCUT2D eigenvalue weighted by Crippen LogP contribution is -2.37. The van der Waals surface area contributed by atoms with Gasteiger partial charge in [0.25, 0.3) is 0 Å². The van der Waals surface area contributed by atoms with Crippen molar-refractivity contribution in [1.82, 2.24) is 4.90 Å². The van der Waals surface area contributed by atoms with Crippen LogP contribution in [0.5, 0.6) is 0 Å². The predicted octanol–water partition coefficient (Wildman–Crippen LogP) is -0.617. The Kier molecular flexibility index (Phi) is 2.90. The summed E-state index contributed by atoms with van der Waals surface area (Å²) in [5.41, 5.74) is 0. The standard InChI is InChI=1S/C9H15NO3/c1-3-6(2)10-5-7(9(12)13)4-8(10)11/h6-7H,3-5H2,1-2H3,(H,12,13)/p-1/t6-,7+/m1/s1. The number of likely N-dealkylation sites (tertiary alicyclic amines) is 1. The number of hydrogen-bond acceptors (Lipinski definition) is 3. The van der Waals surface area contributed by atoms with Crippen LogP contribution in [-0.4, -0.2) is 29.4 Å². The van der Waals surface area contributed by atoms with Gasteiger partial charge in [-0.1, -0.05) is 6.92 Å². The highest BCUT2D eigenvalue weighted by Crippen LogP contribution is 2.20. The van der Waals surface area contributed by atoms with Gasteiger partial charge in [-0.25, -0.2) is 0 Å². The van der Waals surface area contributed by atoms with E-state index in [0.29, 0.717) is 6.54 Å². The van der Waals surface area contributed by atoms with Gasteiger partial charge in [-0.3, -0.25) is 4.79 Å². The molecule has 13 heavy (non-hydrogen) atoms. The number of rotatable bonds is 3. The van der Waals surface area contributed by atoms with Crippen LogP contribution in [-0.2, 0) is 9.59 Å². The summed E-state index contributed by atoms with van der Waals surface area (Å²) in [7, 11) is 0. The number of aliphatic carboxylic acids is 1. The lowest BCUT2D eigenvalue weighted by molar-refractivity contribution is -0.311. The van der Waals surface area contributed by atoms with Crippen molar-refractivity contribution in [1.29, 1.82) is 0 Å². The third-order valence-corrected chi connectivity index (χ3v) is 2.61. The average molecular weight is 184 g/mol. The molecule has 1 fully saturated rings. The van der Waals surface area contributed by atoms with Crippen LogP contribution in [0.25, 0.3) is 0 Å². The summed E-state index contributed by atoms with van der Waals surface area (Å²) >= 11 is 0. The van der Waals surface area contributed by atoms with E-state index in [9.17, 15) is 14.7 Å². The summed E-state index contributed by atoms with van der Waals surface area (Å²) in [5.74, 6) is -1.79. The van der Waals surface area contributed by atoms with Crippen LogP contribution in [0.4, 0.5) is 0 Å². The van der Waals surface area contributed by atoms with Gasteiger partial charge in [-0.2, -0.15) is 0 Å². The number of carbonyl (C=O) groups excluding carboxylic acids is 2. The lowest BCUT2D eigenvalue weighted by Gasteiger charge is -2.23. The van der Waals surface area contributed by atoms with Crippen molar-refractivity contribution in [3.05, 3.63) is 0 Å². The van der Waals surface area contributed by atoms with E-state index in [0.717, 1.165) is 6.42 Å². The molecular formula is C9H14NO3-. The molecule has 0 aromatic rings. The second kappa shape index (κ2) is 3.77. The minimum atomic E-state index is -1.11. The molecule has 1 heterocycles. The van der Waals surface area contributed by atoms with Gasteiger partial charge in [0, 0.05) is 30.9 Å². The summed E-state index contributed by atoms with van der Waals surface area (Å²) in [5, 5.41) is 10.5. The normalized spacial score (nSPS) is 24.9. The smallest absolute Gasteiger partial charge is 0.223 e. The molecule has 0 aromatic carbocycles. The van der Waals surface area contributed by atoms with Gasteiger partial charge >= 0.3 is 0 Å². The molecule has 1 amide bonds. The van der Waals surface area contributed by atoms with Gasteiger partial charge in [0.15, 0.2) is 0 Å². The number of hydrogen-bond donors (Lipinski definition) is 0. The molecule has 4 nitrogen and oxygen atoms in total. The molecule has 4 heteroatoms. The third kappa shape index (κ3) is 1.99. The highest BCUT2D eigenvalue weighted by Gasteiger charge is 2.32. The molecule has 0 bridgehead atoms. The highest BCUT2D eigenvalue weighted by atomic mass is 16.4. The minimum Gasteiger partial charge on any atom is -0.550 e. The Morgan fingerprint density at radius 1 is 1.77 bits per heavy atom. The monoisotopic (exact) mass is 184 g/mol. The Morgan fingerprint density at radius 3 is 2.77 bits per heavy atom. The second-order valence-electron chi connectivity index (χ2n) is 3.52. The summed E-state index contributed by atoms with van der Waals surface area (Å²) in [6, 6.07) is 0.136. The predicted molar refractivity (Wildman–Crippen MR) is 44.6 cm³/mol. The maximum Gasteiger partial charge on any atom is 0.223 e. The van der Waals surface area contributed by atoms with Crippen molar-refractivity contribution in [2.24, 2.45) is 5.92 Å². The Hall–Kier alpha value is -1.06. The Balaban J connectivity index is 2.61. The summed E-state index contributed by atoms with van der Waals surface area (Å²) in [6.07, 6.45) is 0.957. The third-order valence-electron chi connectivity index (χ3n) is 2.61. The van der Waals surface area contributed by atoms with E-state index < -0.39 is 11.9 Å². The van der Waals surface area contributed by atoms with Gasteiger partial charge in [-0.15, -0.1) is 0 Å². The molecular weight excluding hydrogens is 170 g/mol. The number of nitrogens with zero attached hydrogens (tertiary/aromatic N) is 1. The molecule has 2 atom stereocenters. The second-order valence-corrected chi connectivity index (χ2v) is 3.52. The van der Waals surface area contributed by atoms with E-state index in [2.05, 4.69) is 0 Å². The fraction of sp³-hybridized carbons (Fsp3) is 0.778. The molecule has 0 saturated carbocycles. The van der Waals surface area contributed by atoms with Crippen molar-refractivity contribution < 1.29 is 14.7 Å². The van der Waals surface area contributed by atoms with Crippen molar-refractivity contribution in [2.45, 2.75) is 32.7 Å². The van der Waals surface area contributed by atoms with Crippen molar-refractivity contribution in [3.63, 3.8) is 0 Å². The summed E-state index contributed by atoms with van der Waals surface area (Å²) < 4.78 is 0. The van der Waals surface area contributed by atoms with E-state index in [-0.39, 0.29) is 18.4 Å². The number of carbonyl (C=O) groups is 2. The average Bonchev–Trinajstić information content (AvgIpc) is 2.46. The number of carboxylic acids is 1. The first-order valence-electron chi connectivity index (χ1n) is 4.56.